The zero-order valence-electron chi connectivity index (χ0n) is 6.22. The summed E-state index contributed by atoms with van der Waals surface area (Å²) < 4.78 is 0. The molecule has 0 fully saturated rings. The predicted molar refractivity (Wildman–Crippen MR) is 45.1 cm³/mol. The van der Waals surface area contributed by atoms with Crippen LogP contribution in [0, 0.1) is 0 Å². The van der Waals surface area contributed by atoms with E-state index in [1.807, 2.05) is 6.26 Å². The monoisotopic (exact) mass is 156 g/mol. The van der Waals surface area contributed by atoms with E-state index < -0.39 is 0 Å². The number of rotatable bonds is 1. The number of hydrogen-bond acceptors (Lipinski definition) is 2. The van der Waals surface area contributed by atoms with E-state index >= 15 is 0 Å². The summed E-state index contributed by atoms with van der Waals surface area (Å²) in [4.78, 5) is 11.1. The maximum absolute atomic E-state index is 11.1. The van der Waals surface area contributed by atoms with Gasteiger partial charge in [-0.3, -0.25) is 4.79 Å². The van der Waals surface area contributed by atoms with Gasteiger partial charge in [0.05, 0.1) is 0 Å². The molecule has 10 heavy (non-hydrogen) atoms. The fraction of sp³-hybridized carbons (Fsp3) is 0.625. The average molecular weight is 156 g/mol. The van der Waals surface area contributed by atoms with Crippen molar-refractivity contribution in [3.8, 4) is 0 Å². The van der Waals surface area contributed by atoms with Crippen LogP contribution in [0.5, 0.6) is 0 Å². The average Bonchev–Trinajstić information content (AvgIpc) is 2.05. The predicted octanol–water partition coefficient (Wildman–Crippen LogP) is 2.38. The molecule has 0 aliphatic heterocycles. The summed E-state index contributed by atoms with van der Waals surface area (Å²) in [6.45, 7) is 0. The first-order valence-electron chi connectivity index (χ1n) is 3.62. The summed E-state index contributed by atoms with van der Waals surface area (Å²) in [5.41, 5.74) is 1.04. The van der Waals surface area contributed by atoms with Crippen LogP contribution in [0.15, 0.2) is 11.6 Å². The second kappa shape index (κ2) is 3.81. The maximum atomic E-state index is 11.1. The molecule has 0 aromatic rings. The molecule has 1 aliphatic rings. The third-order valence-electron chi connectivity index (χ3n) is 1.74. The van der Waals surface area contributed by atoms with Gasteiger partial charge in [-0.2, -0.15) is 0 Å². The standard InChI is InChI=1S/C8H12OS/c1-10-8(9)7-5-3-2-4-6-7/h5H,2-4,6H2,1H3. The van der Waals surface area contributed by atoms with Gasteiger partial charge < -0.3 is 0 Å². The van der Waals surface area contributed by atoms with Crippen molar-refractivity contribution in [2.24, 2.45) is 0 Å². The van der Waals surface area contributed by atoms with E-state index in [2.05, 4.69) is 6.08 Å². The molecule has 1 aliphatic carbocycles. The zero-order valence-corrected chi connectivity index (χ0v) is 7.04. The summed E-state index contributed by atoms with van der Waals surface area (Å²) in [5.74, 6) is 0. The highest BCUT2D eigenvalue weighted by Crippen LogP contribution is 2.20. The summed E-state index contributed by atoms with van der Waals surface area (Å²) in [6.07, 6.45) is 8.48. The fourth-order valence-corrected chi connectivity index (χ4v) is 1.60. The van der Waals surface area contributed by atoms with Gasteiger partial charge in [-0.25, -0.2) is 0 Å². The van der Waals surface area contributed by atoms with Crippen LogP contribution in [-0.4, -0.2) is 11.4 Å². The molecule has 0 bridgehead atoms. The van der Waals surface area contributed by atoms with Gasteiger partial charge in [-0.1, -0.05) is 17.8 Å². The molecule has 56 valence electrons. The number of hydrogen-bond donors (Lipinski definition) is 0. The Morgan fingerprint density at radius 2 is 2.40 bits per heavy atom. The Labute approximate surface area is 65.9 Å². The van der Waals surface area contributed by atoms with Gasteiger partial charge in [0.2, 0.25) is 5.12 Å². The van der Waals surface area contributed by atoms with E-state index in [0.717, 1.165) is 18.4 Å². The number of thioether (sulfide) groups is 1. The van der Waals surface area contributed by atoms with Crippen LogP contribution in [0.2, 0.25) is 0 Å². The van der Waals surface area contributed by atoms with Gasteiger partial charge in [0.1, 0.15) is 0 Å². The summed E-state index contributed by atoms with van der Waals surface area (Å²) >= 11 is 1.32. The number of carbonyl (C=O) groups is 1. The molecule has 0 atom stereocenters. The van der Waals surface area contributed by atoms with E-state index in [-0.39, 0.29) is 5.12 Å². The third kappa shape index (κ3) is 1.87. The molecule has 0 aromatic heterocycles. The van der Waals surface area contributed by atoms with Crippen LogP contribution in [0.25, 0.3) is 0 Å². The summed E-state index contributed by atoms with van der Waals surface area (Å²) in [7, 11) is 0. The molecule has 0 spiro atoms. The smallest absolute Gasteiger partial charge is 0.214 e. The first-order valence-corrected chi connectivity index (χ1v) is 4.84. The van der Waals surface area contributed by atoms with Crippen molar-refractivity contribution < 1.29 is 4.79 Å². The van der Waals surface area contributed by atoms with Gasteiger partial charge in [0, 0.05) is 5.57 Å². The van der Waals surface area contributed by atoms with E-state index in [1.165, 1.54) is 24.6 Å². The second-order valence-corrected chi connectivity index (χ2v) is 3.25. The Bertz CT molecular complexity index is 161. The molecule has 0 N–H and O–H groups in total. The SMILES string of the molecule is CSC(=O)C1=CCCCC1. The van der Waals surface area contributed by atoms with E-state index in [1.54, 1.807) is 0 Å². The Kier molecular flexibility index (Phi) is 3.00. The lowest BCUT2D eigenvalue weighted by Gasteiger charge is -2.08. The zero-order chi connectivity index (χ0) is 7.40. The molecule has 0 aromatic carbocycles. The molecule has 1 rings (SSSR count). The van der Waals surface area contributed by atoms with Crippen LogP contribution in [0.3, 0.4) is 0 Å². The van der Waals surface area contributed by atoms with Gasteiger partial charge in [0.25, 0.3) is 0 Å². The van der Waals surface area contributed by atoms with Crippen LogP contribution in [-0.2, 0) is 4.79 Å². The third-order valence-corrected chi connectivity index (χ3v) is 2.37. The minimum atomic E-state index is 0.264. The molecular formula is C8H12OS. The Balaban J connectivity index is 2.53. The topological polar surface area (TPSA) is 17.1 Å². The van der Waals surface area contributed by atoms with E-state index in [9.17, 15) is 4.79 Å². The minimum absolute atomic E-state index is 0.264. The number of carbonyl (C=O) groups excluding carboxylic acids is 1. The molecule has 0 saturated carbocycles. The Morgan fingerprint density at radius 1 is 1.60 bits per heavy atom. The molecule has 0 unspecified atom stereocenters. The van der Waals surface area contributed by atoms with Crippen molar-refractivity contribution >= 4 is 16.9 Å². The van der Waals surface area contributed by atoms with Crippen molar-refractivity contribution in [1.29, 1.82) is 0 Å². The van der Waals surface area contributed by atoms with Crippen molar-refractivity contribution in [2.75, 3.05) is 6.26 Å². The number of allylic oxidation sites excluding steroid dienone is 1. The summed E-state index contributed by atoms with van der Waals surface area (Å²) in [6, 6.07) is 0. The van der Waals surface area contributed by atoms with Gasteiger partial charge >= 0.3 is 0 Å². The first kappa shape index (κ1) is 7.86. The Hall–Kier alpha value is -0.240. The van der Waals surface area contributed by atoms with E-state index in [4.69, 9.17) is 0 Å². The van der Waals surface area contributed by atoms with Gasteiger partial charge in [-0.05, 0) is 31.9 Å². The molecular weight excluding hydrogens is 144 g/mol. The molecule has 1 nitrogen and oxygen atoms in total. The van der Waals surface area contributed by atoms with Crippen molar-refractivity contribution in [3.63, 3.8) is 0 Å². The Morgan fingerprint density at radius 3 is 2.90 bits per heavy atom. The van der Waals surface area contributed by atoms with Crippen LogP contribution in [0.4, 0.5) is 0 Å². The normalized spacial score (nSPS) is 18.3. The van der Waals surface area contributed by atoms with Gasteiger partial charge in [0.15, 0.2) is 0 Å². The van der Waals surface area contributed by atoms with Crippen LogP contribution >= 0.6 is 11.8 Å². The van der Waals surface area contributed by atoms with Crippen molar-refractivity contribution in [3.05, 3.63) is 11.6 Å². The highest BCUT2D eigenvalue weighted by Gasteiger charge is 2.09. The lowest BCUT2D eigenvalue weighted by molar-refractivity contribution is -0.108. The molecule has 0 heterocycles. The summed E-state index contributed by atoms with van der Waals surface area (Å²) in [5, 5.41) is 0.264. The minimum Gasteiger partial charge on any atom is -0.282 e. The van der Waals surface area contributed by atoms with Crippen molar-refractivity contribution in [1.82, 2.24) is 0 Å². The van der Waals surface area contributed by atoms with Crippen LogP contribution in [0.1, 0.15) is 25.7 Å². The molecule has 0 radical (unpaired) electrons. The lowest BCUT2D eigenvalue weighted by Crippen LogP contribution is -2.00. The fourth-order valence-electron chi connectivity index (χ4n) is 1.15. The highest BCUT2D eigenvalue weighted by atomic mass is 32.2. The quantitative estimate of drug-likeness (QED) is 0.579. The first-order chi connectivity index (χ1) is 4.84. The second-order valence-electron chi connectivity index (χ2n) is 2.47. The van der Waals surface area contributed by atoms with Gasteiger partial charge in [-0.15, -0.1) is 0 Å². The largest absolute Gasteiger partial charge is 0.282 e. The molecule has 0 amide bonds. The van der Waals surface area contributed by atoms with E-state index in [0.29, 0.717) is 0 Å². The van der Waals surface area contributed by atoms with Crippen molar-refractivity contribution in [2.45, 2.75) is 25.7 Å². The lowest BCUT2D eigenvalue weighted by atomic mass is 10.0. The molecule has 0 saturated heterocycles. The van der Waals surface area contributed by atoms with Crippen LogP contribution < -0.4 is 0 Å². The highest BCUT2D eigenvalue weighted by molar-refractivity contribution is 8.13. The maximum Gasteiger partial charge on any atom is 0.214 e. The molecule has 2 heteroatoms.